The van der Waals surface area contributed by atoms with E-state index >= 15 is 0 Å². The highest BCUT2D eigenvalue weighted by Gasteiger charge is 2.15. The van der Waals surface area contributed by atoms with Crippen LogP contribution in [-0.4, -0.2) is 43.6 Å². The number of hydrogen-bond donors (Lipinski definition) is 2. The molecule has 116 valence electrons. The van der Waals surface area contributed by atoms with Gasteiger partial charge in [0.05, 0.1) is 12.3 Å². The van der Waals surface area contributed by atoms with Gasteiger partial charge in [0, 0.05) is 26.1 Å². The monoisotopic (exact) mass is 291 g/mol. The van der Waals surface area contributed by atoms with Crippen molar-refractivity contribution in [3.8, 4) is 5.75 Å². The van der Waals surface area contributed by atoms with Gasteiger partial charge in [0.2, 0.25) is 5.91 Å². The zero-order chi connectivity index (χ0) is 15.1. The summed E-state index contributed by atoms with van der Waals surface area (Å²) in [4.78, 5) is 14.2. The molecular formula is C16H25N3O2. The Morgan fingerprint density at radius 1 is 1.38 bits per heavy atom. The van der Waals surface area contributed by atoms with Crippen molar-refractivity contribution in [3.05, 3.63) is 23.8 Å². The molecule has 1 aromatic carbocycles. The van der Waals surface area contributed by atoms with Crippen LogP contribution >= 0.6 is 0 Å². The van der Waals surface area contributed by atoms with Crippen LogP contribution < -0.4 is 15.8 Å². The topological polar surface area (TPSA) is 67.6 Å². The quantitative estimate of drug-likeness (QED) is 0.805. The number of nitrogen functional groups attached to an aromatic ring is 1. The molecule has 1 aromatic rings. The van der Waals surface area contributed by atoms with Crippen LogP contribution in [-0.2, 0) is 11.2 Å². The summed E-state index contributed by atoms with van der Waals surface area (Å²) in [5.74, 6) is 0.942. The van der Waals surface area contributed by atoms with Gasteiger partial charge in [-0.05, 0) is 44.0 Å². The van der Waals surface area contributed by atoms with E-state index in [1.165, 1.54) is 0 Å². The third-order valence-corrected chi connectivity index (χ3v) is 3.69. The summed E-state index contributed by atoms with van der Waals surface area (Å²) in [6.07, 6.45) is 2.29. The molecule has 3 N–H and O–H groups in total. The summed E-state index contributed by atoms with van der Waals surface area (Å²) in [6.45, 7) is 6.09. The molecule has 0 unspecified atom stereocenters. The number of hydrogen-bond acceptors (Lipinski definition) is 4. The van der Waals surface area contributed by atoms with Crippen molar-refractivity contribution >= 4 is 11.6 Å². The molecule has 0 aliphatic carbocycles. The number of rotatable bonds is 5. The van der Waals surface area contributed by atoms with E-state index in [2.05, 4.69) is 5.32 Å². The number of benzene rings is 1. The van der Waals surface area contributed by atoms with Crippen molar-refractivity contribution < 1.29 is 9.53 Å². The summed E-state index contributed by atoms with van der Waals surface area (Å²) < 4.78 is 5.42. The molecule has 1 amide bonds. The number of carbonyl (C=O) groups excluding carboxylic acids is 1. The molecule has 0 radical (unpaired) electrons. The van der Waals surface area contributed by atoms with Gasteiger partial charge >= 0.3 is 0 Å². The number of anilines is 1. The Morgan fingerprint density at radius 3 is 3.00 bits per heavy atom. The van der Waals surface area contributed by atoms with Gasteiger partial charge in [-0.25, -0.2) is 0 Å². The van der Waals surface area contributed by atoms with E-state index in [0.29, 0.717) is 24.5 Å². The van der Waals surface area contributed by atoms with Gasteiger partial charge in [0.25, 0.3) is 0 Å². The number of ether oxygens (including phenoxy) is 1. The van der Waals surface area contributed by atoms with E-state index < -0.39 is 0 Å². The number of nitrogens with one attached hydrogen (secondary N) is 1. The molecule has 5 nitrogen and oxygen atoms in total. The Morgan fingerprint density at radius 2 is 2.24 bits per heavy atom. The van der Waals surface area contributed by atoms with Crippen molar-refractivity contribution in [2.75, 3.05) is 38.5 Å². The SMILES string of the molecule is CCOc1ccc(CCC(=O)N2CCCNCC2)cc1N. The maximum absolute atomic E-state index is 12.2. The number of nitrogens with two attached hydrogens (primary N) is 1. The van der Waals surface area contributed by atoms with Crippen molar-refractivity contribution in [2.24, 2.45) is 0 Å². The molecule has 21 heavy (non-hydrogen) atoms. The van der Waals surface area contributed by atoms with Gasteiger partial charge in [-0.1, -0.05) is 6.07 Å². The van der Waals surface area contributed by atoms with Crippen LogP contribution in [0.1, 0.15) is 25.3 Å². The Kier molecular flexibility index (Phi) is 5.87. The number of nitrogens with zero attached hydrogens (tertiary/aromatic N) is 1. The van der Waals surface area contributed by atoms with E-state index in [1.807, 2.05) is 30.0 Å². The second-order valence-corrected chi connectivity index (χ2v) is 5.29. The third kappa shape index (κ3) is 4.63. The van der Waals surface area contributed by atoms with Crippen LogP contribution in [0.15, 0.2) is 18.2 Å². The van der Waals surface area contributed by atoms with E-state index in [4.69, 9.17) is 10.5 Å². The predicted octanol–water partition coefficient (Wildman–Crippen LogP) is 1.42. The highest BCUT2D eigenvalue weighted by atomic mass is 16.5. The summed E-state index contributed by atoms with van der Waals surface area (Å²) in [7, 11) is 0. The first kappa shape index (κ1) is 15.6. The largest absolute Gasteiger partial charge is 0.492 e. The Labute approximate surface area is 126 Å². The van der Waals surface area contributed by atoms with Crippen molar-refractivity contribution in [2.45, 2.75) is 26.2 Å². The first-order valence-electron chi connectivity index (χ1n) is 7.70. The highest BCUT2D eigenvalue weighted by molar-refractivity contribution is 5.76. The molecule has 0 saturated carbocycles. The summed E-state index contributed by atoms with van der Waals surface area (Å²) in [5.41, 5.74) is 7.67. The molecule has 1 saturated heterocycles. The average molecular weight is 291 g/mol. The standard InChI is InChI=1S/C16H25N3O2/c1-2-21-15-6-4-13(12-14(15)17)5-7-16(20)19-10-3-8-18-9-11-19/h4,6,12,18H,2-3,5,7-11,17H2,1H3. The van der Waals surface area contributed by atoms with Crippen LogP contribution in [0, 0.1) is 0 Å². The Bertz CT molecular complexity index is 469. The summed E-state index contributed by atoms with van der Waals surface area (Å²) in [6, 6.07) is 5.77. The number of carbonyl (C=O) groups is 1. The third-order valence-electron chi connectivity index (χ3n) is 3.69. The molecule has 1 fully saturated rings. The molecular weight excluding hydrogens is 266 g/mol. The van der Waals surface area contributed by atoms with Gasteiger partial charge < -0.3 is 20.7 Å². The van der Waals surface area contributed by atoms with Crippen molar-refractivity contribution in [1.29, 1.82) is 0 Å². The maximum Gasteiger partial charge on any atom is 0.222 e. The maximum atomic E-state index is 12.2. The molecule has 1 aliphatic rings. The molecule has 0 atom stereocenters. The molecule has 0 aromatic heterocycles. The summed E-state index contributed by atoms with van der Waals surface area (Å²) in [5, 5.41) is 3.31. The first-order chi connectivity index (χ1) is 10.2. The van der Waals surface area contributed by atoms with Gasteiger partial charge in [0.15, 0.2) is 0 Å². The number of amides is 1. The van der Waals surface area contributed by atoms with Crippen LogP contribution in [0.5, 0.6) is 5.75 Å². The van der Waals surface area contributed by atoms with Crippen LogP contribution in [0.3, 0.4) is 0 Å². The molecule has 1 heterocycles. The lowest BCUT2D eigenvalue weighted by atomic mass is 10.1. The first-order valence-corrected chi connectivity index (χ1v) is 7.70. The van der Waals surface area contributed by atoms with Gasteiger partial charge in [-0.15, -0.1) is 0 Å². The molecule has 1 aliphatic heterocycles. The smallest absolute Gasteiger partial charge is 0.222 e. The minimum absolute atomic E-state index is 0.228. The molecule has 0 bridgehead atoms. The minimum Gasteiger partial charge on any atom is -0.492 e. The lowest BCUT2D eigenvalue weighted by molar-refractivity contribution is -0.130. The van der Waals surface area contributed by atoms with E-state index in [1.54, 1.807) is 0 Å². The van der Waals surface area contributed by atoms with Crippen LogP contribution in [0.4, 0.5) is 5.69 Å². The lowest BCUT2D eigenvalue weighted by Gasteiger charge is -2.20. The van der Waals surface area contributed by atoms with Crippen LogP contribution in [0.25, 0.3) is 0 Å². The van der Waals surface area contributed by atoms with E-state index in [9.17, 15) is 4.79 Å². The second kappa shape index (κ2) is 7.88. The molecule has 0 spiro atoms. The van der Waals surface area contributed by atoms with Crippen molar-refractivity contribution in [3.63, 3.8) is 0 Å². The minimum atomic E-state index is 0.228. The van der Waals surface area contributed by atoms with E-state index in [0.717, 1.165) is 44.6 Å². The van der Waals surface area contributed by atoms with Gasteiger partial charge in [0.1, 0.15) is 5.75 Å². The molecule has 5 heteroatoms. The summed E-state index contributed by atoms with van der Waals surface area (Å²) >= 11 is 0. The zero-order valence-corrected chi connectivity index (χ0v) is 12.7. The van der Waals surface area contributed by atoms with Crippen LogP contribution in [0.2, 0.25) is 0 Å². The fourth-order valence-electron chi connectivity index (χ4n) is 2.54. The zero-order valence-electron chi connectivity index (χ0n) is 12.7. The average Bonchev–Trinajstić information content (AvgIpc) is 2.76. The lowest BCUT2D eigenvalue weighted by Crippen LogP contribution is -2.34. The second-order valence-electron chi connectivity index (χ2n) is 5.29. The van der Waals surface area contributed by atoms with Gasteiger partial charge in [-0.2, -0.15) is 0 Å². The highest BCUT2D eigenvalue weighted by Crippen LogP contribution is 2.23. The molecule has 2 rings (SSSR count). The normalized spacial score (nSPS) is 15.6. The number of aryl methyl sites for hydroxylation is 1. The fourth-order valence-corrected chi connectivity index (χ4v) is 2.54. The fraction of sp³-hybridized carbons (Fsp3) is 0.562. The van der Waals surface area contributed by atoms with Crippen molar-refractivity contribution in [1.82, 2.24) is 10.2 Å². The predicted molar refractivity (Wildman–Crippen MR) is 84.4 cm³/mol. The Balaban J connectivity index is 1.87. The van der Waals surface area contributed by atoms with Gasteiger partial charge in [-0.3, -0.25) is 4.79 Å². The van der Waals surface area contributed by atoms with E-state index in [-0.39, 0.29) is 5.91 Å². The Hall–Kier alpha value is -1.75.